The molecule has 0 amide bonds. The van der Waals surface area contributed by atoms with E-state index in [0.717, 1.165) is 0 Å². The number of hydrogen-bond acceptors (Lipinski definition) is 1. The summed E-state index contributed by atoms with van der Waals surface area (Å²) in [6.07, 6.45) is 1.31. The van der Waals surface area contributed by atoms with Crippen LogP contribution in [0.1, 0.15) is 34.1 Å². The highest BCUT2D eigenvalue weighted by Gasteiger charge is 2.37. The van der Waals surface area contributed by atoms with E-state index < -0.39 is 0 Å². The Labute approximate surface area is 62.4 Å². The molecule has 0 nitrogen and oxygen atoms in total. The molecule has 0 atom stereocenters. The van der Waals surface area contributed by atoms with Crippen molar-refractivity contribution in [3.8, 4) is 0 Å². The molecule has 1 rings (SSSR count). The lowest BCUT2D eigenvalue weighted by Gasteiger charge is -2.19. The van der Waals surface area contributed by atoms with E-state index in [1.54, 1.807) is 0 Å². The first-order valence-corrected chi connectivity index (χ1v) is 4.32. The first-order chi connectivity index (χ1) is 3.91. The summed E-state index contributed by atoms with van der Waals surface area (Å²) >= 11 is 1.98. The van der Waals surface area contributed by atoms with Gasteiger partial charge in [-0.25, -0.2) is 0 Å². The van der Waals surface area contributed by atoms with Crippen LogP contribution in [-0.4, -0.2) is 4.75 Å². The van der Waals surface area contributed by atoms with E-state index in [4.69, 9.17) is 0 Å². The monoisotopic (exact) mass is 143 g/mol. The van der Waals surface area contributed by atoms with Crippen molar-refractivity contribution in [1.82, 2.24) is 0 Å². The number of hydrogen-bond donors (Lipinski definition) is 0. The van der Waals surface area contributed by atoms with Crippen molar-refractivity contribution in [2.75, 3.05) is 0 Å². The van der Waals surface area contributed by atoms with Crippen molar-refractivity contribution >= 4 is 11.8 Å². The summed E-state index contributed by atoms with van der Waals surface area (Å²) in [6.45, 7) is 9.22. The van der Waals surface area contributed by atoms with Crippen molar-refractivity contribution in [3.05, 3.63) is 5.75 Å². The molecule has 0 bridgehead atoms. The molecule has 1 heteroatoms. The van der Waals surface area contributed by atoms with Crippen LogP contribution >= 0.6 is 11.8 Å². The molecular weight excluding hydrogens is 128 g/mol. The molecule has 0 aromatic carbocycles. The fourth-order valence-corrected chi connectivity index (χ4v) is 2.68. The Hall–Kier alpha value is 0.350. The van der Waals surface area contributed by atoms with Crippen molar-refractivity contribution in [2.45, 2.75) is 38.9 Å². The minimum Gasteiger partial charge on any atom is -0.151 e. The minimum atomic E-state index is 0.466. The van der Waals surface area contributed by atoms with Crippen molar-refractivity contribution in [1.29, 1.82) is 0 Å². The molecular formula is C8H15S. The van der Waals surface area contributed by atoms with Gasteiger partial charge in [0.2, 0.25) is 0 Å². The van der Waals surface area contributed by atoms with Gasteiger partial charge >= 0.3 is 0 Å². The van der Waals surface area contributed by atoms with Crippen molar-refractivity contribution < 1.29 is 0 Å². The zero-order valence-electron chi connectivity index (χ0n) is 6.69. The summed E-state index contributed by atoms with van der Waals surface area (Å²) in [6, 6.07) is 0. The third kappa shape index (κ3) is 1.89. The predicted octanol–water partition coefficient (Wildman–Crippen LogP) is 3.09. The van der Waals surface area contributed by atoms with E-state index in [1.807, 2.05) is 11.8 Å². The van der Waals surface area contributed by atoms with Gasteiger partial charge in [-0.05, 0) is 11.8 Å². The third-order valence-electron chi connectivity index (χ3n) is 1.58. The van der Waals surface area contributed by atoms with Crippen LogP contribution in [0.2, 0.25) is 0 Å². The van der Waals surface area contributed by atoms with Gasteiger partial charge in [-0.3, -0.25) is 0 Å². The summed E-state index contributed by atoms with van der Waals surface area (Å²) in [4.78, 5) is 0. The van der Waals surface area contributed by atoms with Gasteiger partial charge in [0, 0.05) is 10.5 Å². The van der Waals surface area contributed by atoms with E-state index in [0.29, 0.717) is 10.2 Å². The van der Waals surface area contributed by atoms with E-state index in [2.05, 4.69) is 33.4 Å². The van der Waals surface area contributed by atoms with E-state index >= 15 is 0 Å². The van der Waals surface area contributed by atoms with Crippen LogP contribution in [-0.2, 0) is 0 Å². The molecule has 0 saturated carbocycles. The second kappa shape index (κ2) is 1.91. The van der Waals surface area contributed by atoms with Crippen LogP contribution in [0.3, 0.4) is 0 Å². The van der Waals surface area contributed by atoms with Gasteiger partial charge in [0.15, 0.2) is 0 Å². The van der Waals surface area contributed by atoms with Gasteiger partial charge in [-0.2, -0.15) is 11.8 Å². The summed E-state index contributed by atoms with van der Waals surface area (Å²) in [7, 11) is 0. The predicted molar refractivity (Wildman–Crippen MR) is 44.4 cm³/mol. The van der Waals surface area contributed by atoms with Crippen LogP contribution in [0, 0.1) is 11.2 Å². The third-order valence-corrected chi connectivity index (χ3v) is 3.12. The van der Waals surface area contributed by atoms with Gasteiger partial charge in [-0.1, -0.05) is 27.7 Å². The highest BCUT2D eigenvalue weighted by molar-refractivity contribution is 8.02. The van der Waals surface area contributed by atoms with Crippen molar-refractivity contribution in [2.24, 2.45) is 5.41 Å². The Kier molecular flexibility index (Phi) is 1.59. The Balaban J connectivity index is 2.58. The summed E-state index contributed by atoms with van der Waals surface area (Å²) in [5, 5.41) is 0. The van der Waals surface area contributed by atoms with E-state index in [1.165, 1.54) is 6.42 Å². The van der Waals surface area contributed by atoms with Crippen LogP contribution in [0.4, 0.5) is 0 Å². The Morgan fingerprint density at radius 2 is 1.78 bits per heavy atom. The lowest BCUT2D eigenvalue weighted by Crippen LogP contribution is -2.14. The van der Waals surface area contributed by atoms with Gasteiger partial charge < -0.3 is 0 Å². The summed E-state index contributed by atoms with van der Waals surface area (Å²) in [5.41, 5.74) is 0.466. The average molecular weight is 143 g/mol. The Bertz CT molecular complexity index is 99.7. The fourth-order valence-electron chi connectivity index (χ4n) is 1.50. The highest BCUT2D eigenvalue weighted by atomic mass is 32.2. The molecule has 0 aliphatic carbocycles. The number of thioether (sulfide) groups is 1. The maximum atomic E-state index is 2.37. The lowest BCUT2D eigenvalue weighted by atomic mass is 9.86. The van der Waals surface area contributed by atoms with E-state index in [-0.39, 0.29) is 0 Å². The van der Waals surface area contributed by atoms with Gasteiger partial charge in [0.05, 0.1) is 0 Å². The molecule has 53 valence electrons. The SMILES string of the molecule is CC1(C)[CH]SC(C)(C)C1. The molecule has 0 spiro atoms. The maximum Gasteiger partial charge on any atom is 0.0228 e. The topological polar surface area (TPSA) is 0 Å². The molecule has 1 saturated heterocycles. The largest absolute Gasteiger partial charge is 0.151 e. The minimum absolute atomic E-state index is 0.466. The van der Waals surface area contributed by atoms with Gasteiger partial charge in [-0.15, -0.1) is 0 Å². The van der Waals surface area contributed by atoms with Crippen LogP contribution in [0.5, 0.6) is 0 Å². The smallest absolute Gasteiger partial charge is 0.0228 e. The second-order valence-electron chi connectivity index (χ2n) is 4.16. The fraction of sp³-hybridized carbons (Fsp3) is 0.875. The molecule has 1 aliphatic rings. The van der Waals surface area contributed by atoms with E-state index in [9.17, 15) is 0 Å². The molecule has 9 heavy (non-hydrogen) atoms. The van der Waals surface area contributed by atoms with Crippen molar-refractivity contribution in [3.63, 3.8) is 0 Å². The number of rotatable bonds is 0. The Morgan fingerprint density at radius 3 is 1.89 bits per heavy atom. The second-order valence-corrected chi connectivity index (χ2v) is 5.74. The summed E-state index contributed by atoms with van der Waals surface area (Å²) < 4.78 is 0.490. The lowest BCUT2D eigenvalue weighted by molar-refractivity contribution is 0.401. The average Bonchev–Trinajstić information content (AvgIpc) is 1.78. The summed E-state index contributed by atoms with van der Waals surface area (Å²) in [5.74, 6) is 2.37. The van der Waals surface area contributed by atoms with Crippen LogP contribution in [0.15, 0.2) is 0 Å². The van der Waals surface area contributed by atoms with Crippen LogP contribution in [0.25, 0.3) is 0 Å². The molecule has 0 aromatic heterocycles. The first-order valence-electron chi connectivity index (χ1n) is 3.44. The first kappa shape index (κ1) is 7.46. The molecule has 0 unspecified atom stereocenters. The molecule has 1 fully saturated rings. The molecule has 1 radical (unpaired) electrons. The Morgan fingerprint density at radius 1 is 1.22 bits per heavy atom. The highest BCUT2D eigenvalue weighted by Crippen LogP contribution is 2.50. The zero-order valence-corrected chi connectivity index (χ0v) is 7.51. The van der Waals surface area contributed by atoms with Gasteiger partial charge in [0.25, 0.3) is 0 Å². The standard InChI is InChI=1S/C8H15S/c1-7(2)5-8(3,4)9-6-7/h6H,5H2,1-4H3. The quantitative estimate of drug-likeness (QED) is 0.502. The molecule has 0 N–H and O–H groups in total. The molecule has 1 aliphatic heterocycles. The van der Waals surface area contributed by atoms with Crippen LogP contribution < -0.4 is 0 Å². The molecule has 1 heterocycles. The van der Waals surface area contributed by atoms with Gasteiger partial charge in [0.1, 0.15) is 0 Å². The maximum absolute atomic E-state index is 2.37. The molecule has 0 aromatic rings. The normalized spacial score (nSPS) is 30.7. The zero-order chi connectivity index (χ0) is 7.12.